The van der Waals surface area contributed by atoms with Crippen molar-refractivity contribution < 1.29 is 29.0 Å². The monoisotopic (exact) mass is 514 g/mol. The Bertz CT molecular complexity index is 1190. The molecule has 0 unspecified atom stereocenters. The lowest BCUT2D eigenvalue weighted by atomic mass is 9.87. The summed E-state index contributed by atoms with van der Waals surface area (Å²) in [5.41, 5.74) is 4.70. The van der Waals surface area contributed by atoms with Crippen LogP contribution < -0.4 is 14.9 Å². The number of benzene rings is 2. The number of nitrogens with one attached hydrogen (secondary N) is 1. The number of rotatable bonds is 8. The number of thiocarbonyl (C=S) groups is 1. The smallest absolute Gasteiger partial charge is 0.306 e. The van der Waals surface area contributed by atoms with Gasteiger partial charge in [0.15, 0.2) is 15.8 Å². The predicted molar refractivity (Wildman–Crippen MR) is 138 cm³/mol. The van der Waals surface area contributed by atoms with Crippen LogP contribution in [0.5, 0.6) is 11.5 Å². The van der Waals surface area contributed by atoms with E-state index < -0.39 is 17.8 Å². The quantitative estimate of drug-likeness (QED) is 0.395. The lowest BCUT2D eigenvalue weighted by Crippen LogP contribution is -2.44. The van der Waals surface area contributed by atoms with E-state index in [1.165, 1.54) is 7.11 Å². The van der Waals surface area contributed by atoms with Crippen LogP contribution in [0.2, 0.25) is 0 Å². The Morgan fingerprint density at radius 2 is 1.83 bits per heavy atom. The van der Waals surface area contributed by atoms with Gasteiger partial charge in [-0.25, -0.2) is 0 Å². The van der Waals surface area contributed by atoms with E-state index in [0.29, 0.717) is 27.5 Å². The van der Waals surface area contributed by atoms with Crippen LogP contribution in [0.15, 0.2) is 47.4 Å². The molecule has 0 radical (unpaired) electrons. The van der Waals surface area contributed by atoms with Gasteiger partial charge in [0.25, 0.3) is 11.8 Å². The molecule has 1 heterocycles. The van der Waals surface area contributed by atoms with Crippen LogP contribution in [0, 0.1) is 0 Å². The largest absolute Gasteiger partial charge is 0.493 e. The fourth-order valence-electron chi connectivity index (χ4n) is 3.14. The topological polar surface area (TPSA) is 105 Å². The first-order valence-electron chi connectivity index (χ1n) is 10.7. The van der Waals surface area contributed by atoms with Gasteiger partial charge in [0.2, 0.25) is 0 Å². The van der Waals surface area contributed by atoms with E-state index in [9.17, 15) is 14.4 Å². The Morgan fingerprint density at radius 1 is 1.14 bits per heavy atom. The zero-order chi connectivity index (χ0) is 25.8. The van der Waals surface area contributed by atoms with Crippen molar-refractivity contribution in [2.24, 2.45) is 0 Å². The van der Waals surface area contributed by atoms with Gasteiger partial charge in [0.05, 0.1) is 25.0 Å². The van der Waals surface area contributed by atoms with E-state index in [-0.39, 0.29) is 22.8 Å². The van der Waals surface area contributed by atoms with E-state index in [0.717, 1.165) is 22.3 Å². The molecule has 0 spiro atoms. The number of thioether (sulfide) groups is 1. The summed E-state index contributed by atoms with van der Waals surface area (Å²) < 4.78 is 11.0. The Hall–Kier alpha value is -3.37. The average Bonchev–Trinajstić information content (AvgIpc) is 3.06. The van der Waals surface area contributed by atoms with Gasteiger partial charge in [-0.1, -0.05) is 50.7 Å². The molecule has 10 heteroatoms. The number of carboxylic acids is 1. The molecule has 1 fully saturated rings. The molecule has 8 nitrogen and oxygen atoms in total. The fraction of sp³-hybridized carbons (Fsp3) is 0.280. The first-order valence-corrected chi connectivity index (χ1v) is 11.9. The van der Waals surface area contributed by atoms with Gasteiger partial charge in [-0.05, 0) is 59.1 Å². The van der Waals surface area contributed by atoms with Crippen LogP contribution in [0.3, 0.4) is 0 Å². The molecule has 0 saturated carbocycles. The fourth-order valence-corrected chi connectivity index (χ4v) is 4.32. The summed E-state index contributed by atoms with van der Waals surface area (Å²) in [6.07, 6.45) is 1.49. The Morgan fingerprint density at radius 3 is 2.43 bits per heavy atom. The molecule has 0 aromatic heterocycles. The molecule has 2 aromatic carbocycles. The van der Waals surface area contributed by atoms with Crippen molar-refractivity contribution in [3.8, 4) is 11.5 Å². The predicted octanol–water partition coefficient (Wildman–Crippen LogP) is 4.39. The number of carbonyl (C=O) groups is 3. The summed E-state index contributed by atoms with van der Waals surface area (Å²) in [6, 6.07) is 12.2. The molecule has 0 bridgehead atoms. The van der Waals surface area contributed by atoms with Gasteiger partial charge in [0.1, 0.15) is 0 Å². The molecule has 2 aromatic rings. The Balaban J connectivity index is 1.71. The van der Waals surface area contributed by atoms with Crippen LogP contribution in [0.25, 0.3) is 6.08 Å². The molecule has 1 saturated heterocycles. The third-order valence-electron chi connectivity index (χ3n) is 5.08. The van der Waals surface area contributed by atoms with E-state index in [1.807, 2.05) is 12.1 Å². The molecule has 1 aliphatic rings. The summed E-state index contributed by atoms with van der Waals surface area (Å²) in [7, 11) is 1.46. The SMILES string of the molecule is COc1cc(/C=C2/SC(=S)N(NC(=O)c3ccc(C(C)(C)C)cc3)C2=O)ccc1OCCC(=O)O. The van der Waals surface area contributed by atoms with E-state index in [2.05, 4.69) is 26.2 Å². The zero-order valence-corrected chi connectivity index (χ0v) is 21.4. The number of carboxylic acid groups (broad SMARTS) is 1. The van der Waals surface area contributed by atoms with Gasteiger partial charge in [0, 0.05) is 5.56 Å². The van der Waals surface area contributed by atoms with Gasteiger partial charge >= 0.3 is 5.97 Å². The number of amides is 2. The molecular weight excluding hydrogens is 488 g/mol. The maximum atomic E-state index is 12.9. The second-order valence-electron chi connectivity index (χ2n) is 8.69. The molecule has 2 N–H and O–H groups in total. The second-order valence-corrected chi connectivity index (χ2v) is 10.4. The van der Waals surface area contributed by atoms with Crippen LogP contribution >= 0.6 is 24.0 Å². The summed E-state index contributed by atoms with van der Waals surface area (Å²) in [4.78, 5) is 36.6. The van der Waals surface area contributed by atoms with Gasteiger partial charge in [-0.2, -0.15) is 5.01 Å². The molecule has 35 heavy (non-hydrogen) atoms. The van der Waals surface area contributed by atoms with Gasteiger partial charge < -0.3 is 14.6 Å². The van der Waals surface area contributed by atoms with Crippen LogP contribution in [0.4, 0.5) is 0 Å². The Labute approximate surface area is 213 Å². The van der Waals surface area contributed by atoms with Crippen molar-refractivity contribution >= 4 is 52.2 Å². The number of nitrogens with zero attached hydrogens (tertiary/aromatic N) is 1. The number of hydrogen-bond donors (Lipinski definition) is 2. The minimum Gasteiger partial charge on any atom is -0.493 e. The molecule has 184 valence electrons. The number of methoxy groups -OCH3 is 1. The summed E-state index contributed by atoms with van der Waals surface area (Å²) in [5.74, 6) is -1.06. The molecule has 2 amide bonds. The molecule has 0 atom stereocenters. The lowest BCUT2D eigenvalue weighted by molar-refractivity contribution is -0.137. The normalized spacial score (nSPS) is 14.9. The highest BCUT2D eigenvalue weighted by molar-refractivity contribution is 8.26. The maximum absolute atomic E-state index is 12.9. The van der Waals surface area contributed by atoms with Crippen molar-refractivity contribution in [1.82, 2.24) is 10.4 Å². The van der Waals surface area contributed by atoms with Crippen LogP contribution in [0.1, 0.15) is 48.7 Å². The van der Waals surface area contributed by atoms with Crippen LogP contribution in [-0.2, 0) is 15.0 Å². The summed E-state index contributed by atoms with van der Waals surface area (Å²) >= 11 is 6.38. The first-order chi connectivity index (χ1) is 16.5. The van der Waals surface area contributed by atoms with Crippen molar-refractivity contribution in [3.05, 3.63) is 64.1 Å². The highest BCUT2D eigenvalue weighted by atomic mass is 32.2. The number of hydrazine groups is 1. The van der Waals surface area contributed by atoms with Crippen molar-refractivity contribution in [2.45, 2.75) is 32.6 Å². The Kier molecular flexibility index (Phi) is 8.18. The number of carbonyl (C=O) groups excluding carboxylic acids is 2. The van der Waals surface area contributed by atoms with E-state index >= 15 is 0 Å². The number of ether oxygens (including phenoxy) is 2. The minimum atomic E-state index is -0.961. The molecular formula is C25H26N2O6S2. The third kappa shape index (κ3) is 6.61. The highest BCUT2D eigenvalue weighted by Crippen LogP contribution is 2.34. The third-order valence-corrected chi connectivity index (χ3v) is 6.38. The standard InChI is InChI=1S/C25H26N2O6S2/c1-25(2,3)17-8-6-16(7-9-17)22(30)26-27-23(31)20(35-24(27)34)14-15-5-10-18(19(13-15)32-4)33-12-11-21(28)29/h5-10,13-14H,11-12H2,1-4H3,(H,26,30)(H,28,29)/b20-14+. The maximum Gasteiger partial charge on any atom is 0.306 e. The van der Waals surface area contributed by atoms with Crippen molar-refractivity contribution in [2.75, 3.05) is 13.7 Å². The van der Waals surface area contributed by atoms with Crippen molar-refractivity contribution in [1.29, 1.82) is 0 Å². The van der Waals surface area contributed by atoms with Gasteiger partial charge in [-0.3, -0.25) is 19.8 Å². The minimum absolute atomic E-state index is 0.00231. The number of hydrogen-bond acceptors (Lipinski definition) is 7. The van der Waals surface area contributed by atoms with E-state index in [4.69, 9.17) is 26.8 Å². The highest BCUT2D eigenvalue weighted by Gasteiger charge is 2.34. The number of aliphatic carboxylic acids is 1. The van der Waals surface area contributed by atoms with E-state index in [1.54, 1.807) is 36.4 Å². The molecule has 3 rings (SSSR count). The lowest BCUT2D eigenvalue weighted by Gasteiger charge is -2.19. The average molecular weight is 515 g/mol. The second kappa shape index (κ2) is 10.9. The van der Waals surface area contributed by atoms with Crippen LogP contribution in [-0.4, -0.2) is 45.9 Å². The van der Waals surface area contributed by atoms with Gasteiger partial charge in [-0.15, -0.1) is 0 Å². The summed E-state index contributed by atoms with van der Waals surface area (Å²) in [5, 5.41) is 9.82. The van der Waals surface area contributed by atoms with Crippen molar-refractivity contribution in [3.63, 3.8) is 0 Å². The summed E-state index contributed by atoms with van der Waals surface area (Å²) in [6.45, 7) is 6.26. The molecule has 1 aliphatic heterocycles. The first kappa shape index (κ1) is 26.2. The zero-order valence-electron chi connectivity index (χ0n) is 19.8. The molecule has 0 aliphatic carbocycles.